The topological polar surface area (TPSA) is 108 Å². The summed E-state index contributed by atoms with van der Waals surface area (Å²) in [7, 11) is -4.14. The zero-order chi connectivity index (χ0) is 15.6. The number of nitrogens with zero attached hydrogens (tertiary/aromatic N) is 2. The summed E-state index contributed by atoms with van der Waals surface area (Å²) in [5, 5.41) is 8.57. The van der Waals surface area contributed by atoms with E-state index >= 15 is 0 Å². The Balaban J connectivity index is 2.19. The van der Waals surface area contributed by atoms with E-state index in [1.165, 1.54) is 0 Å². The van der Waals surface area contributed by atoms with Gasteiger partial charge < -0.3 is 9.26 Å². The van der Waals surface area contributed by atoms with Crippen molar-refractivity contribution in [1.82, 2.24) is 10.1 Å². The Morgan fingerprint density at radius 3 is 2.76 bits per heavy atom. The van der Waals surface area contributed by atoms with E-state index < -0.39 is 20.7 Å². The SMILES string of the molecule is CCc1nc(COc2cc(F)c(S(N)(=O)=O)cc2Br)no1. The van der Waals surface area contributed by atoms with Crippen molar-refractivity contribution >= 4 is 26.0 Å². The predicted octanol–water partition coefficient (Wildman–Crippen LogP) is 1.76. The molecule has 0 unspecified atom stereocenters. The maximum absolute atomic E-state index is 13.7. The summed E-state index contributed by atoms with van der Waals surface area (Å²) >= 11 is 3.09. The Kier molecular flexibility index (Phi) is 4.59. The number of rotatable bonds is 5. The Morgan fingerprint density at radius 1 is 1.48 bits per heavy atom. The number of aryl methyl sites for hydroxylation is 1. The zero-order valence-electron chi connectivity index (χ0n) is 10.8. The van der Waals surface area contributed by atoms with Gasteiger partial charge in [0.1, 0.15) is 16.5 Å². The van der Waals surface area contributed by atoms with Crippen LogP contribution in [0.4, 0.5) is 4.39 Å². The minimum Gasteiger partial charge on any atom is -0.484 e. The molecule has 21 heavy (non-hydrogen) atoms. The zero-order valence-corrected chi connectivity index (χ0v) is 13.2. The molecule has 2 aromatic rings. The summed E-state index contributed by atoms with van der Waals surface area (Å²) < 4.78 is 46.5. The van der Waals surface area contributed by atoms with Gasteiger partial charge in [-0.2, -0.15) is 4.98 Å². The number of benzene rings is 1. The lowest BCUT2D eigenvalue weighted by atomic mass is 10.3. The monoisotopic (exact) mass is 379 g/mol. The highest BCUT2D eigenvalue weighted by atomic mass is 79.9. The van der Waals surface area contributed by atoms with Gasteiger partial charge >= 0.3 is 0 Å². The molecule has 0 saturated carbocycles. The quantitative estimate of drug-likeness (QED) is 0.847. The fraction of sp³-hybridized carbons (Fsp3) is 0.273. The molecule has 0 fully saturated rings. The van der Waals surface area contributed by atoms with Crippen LogP contribution in [0.25, 0.3) is 0 Å². The van der Waals surface area contributed by atoms with Crippen molar-refractivity contribution in [2.24, 2.45) is 5.14 Å². The summed E-state index contributed by atoms with van der Waals surface area (Å²) in [6, 6.07) is 1.96. The molecule has 0 aliphatic heterocycles. The second-order valence-electron chi connectivity index (χ2n) is 4.00. The van der Waals surface area contributed by atoms with Gasteiger partial charge in [-0.25, -0.2) is 17.9 Å². The van der Waals surface area contributed by atoms with Gasteiger partial charge in [-0.15, -0.1) is 0 Å². The molecule has 10 heteroatoms. The molecule has 114 valence electrons. The first kappa shape index (κ1) is 15.9. The van der Waals surface area contributed by atoms with Crippen LogP contribution in [0.3, 0.4) is 0 Å². The number of halogens is 2. The normalized spacial score (nSPS) is 11.6. The average Bonchev–Trinajstić information content (AvgIpc) is 2.86. The number of aromatic nitrogens is 2. The lowest BCUT2D eigenvalue weighted by Crippen LogP contribution is -2.14. The van der Waals surface area contributed by atoms with Crippen molar-refractivity contribution in [2.75, 3.05) is 0 Å². The molecule has 0 radical (unpaired) electrons. The Hall–Kier alpha value is -1.52. The molecule has 0 atom stereocenters. The summed E-state index contributed by atoms with van der Waals surface area (Å²) in [5.74, 6) is -0.140. The molecule has 1 aromatic carbocycles. The number of hydrogen-bond acceptors (Lipinski definition) is 6. The van der Waals surface area contributed by atoms with Gasteiger partial charge in [-0.05, 0) is 22.0 Å². The number of nitrogens with two attached hydrogens (primary N) is 1. The third kappa shape index (κ3) is 3.77. The van der Waals surface area contributed by atoms with E-state index in [0.29, 0.717) is 18.1 Å². The summed E-state index contributed by atoms with van der Waals surface area (Å²) in [4.78, 5) is 3.41. The van der Waals surface area contributed by atoms with Crippen LogP contribution >= 0.6 is 15.9 Å². The van der Waals surface area contributed by atoms with Crippen LogP contribution in [-0.2, 0) is 23.1 Å². The molecule has 2 rings (SSSR count). The molecule has 1 aromatic heterocycles. The second kappa shape index (κ2) is 6.08. The molecule has 0 aliphatic carbocycles. The van der Waals surface area contributed by atoms with E-state index in [4.69, 9.17) is 14.4 Å². The molecule has 0 spiro atoms. The molecular weight excluding hydrogens is 369 g/mol. The first-order valence-electron chi connectivity index (χ1n) is 5.77. The van der Waals surface area contributed by atoms with E-state index in [1.807, 2.05) is 6.92 Å². The van der Waals surface area contributed by atoms with Crippen LogP contribution in [0.5, 0.6) is 5.75 Å². The smallest absolute Gasteiger partial charge is 0.241 e. The van der Waals surface area contributed by atoms with Crippen LogP contribution in [0.15, 0.2) is 26.0 Å². The fourth-order valence-electron chi connectivity index (χ4n) is 1.47. The van der Waals surface area contributed by atoms with E-state index in [-0.39, 0.29) is 16.8 Å². The predicted molar refractivity (Wildman–Crippen MR) is 73.5 cm³/mol. The summed E-state index contributed by atoms with van der Waals surface area (Å²) in [6.07, 6.45) is 0.592. The average molecular weight is 380 g/mol. The van der Waals surface area contributed by atoms with E-state index in [9.17, 15) is 12.8 Å². The van der Waals surface area contributed by atoms with Gasteiger partial charge in [0.2, 0.25) is 21.7 Å². The van der Waals surface area contributed by atoms with Crippen LogP contribution < -0.4 is 9.88 Å². The highest BCUT2D eigenvalue weighted by molar-refractivity contribution is 9.10. The Labute approximate surface area is 128 Å². The summed E-state index contributed by atoms with van der Waals surface area (Å²) in [5.41, 5.74) is 0. The van der Waals surface area contributed by atoms with Crippen molar-refractivity contribution < 1.29 is 22.1 Å². The molecule has 0 bridgehead atoms. The largest absolute Gasteiger partial charge is 0.484 e. The van der Waals surface area contributed by atoms with Gasteiger partial charge in [-0.3, -0.25) is 0 Å². The van der Waals surface area contributed by atoms with Crippen molar-refractivity contribution in [3.8, 4) is 5.75 Å². The van der Waals surface area contributed by atoms with Crippen LogP contribution in [0.1, 0.15) is 18.6 Å². The van der Waals surface area contributed by atoms with Crippen LogP contribution in [0.2, 0.25) is 0 Å². The third-order valence-electron chi connectivity index (χ3n) is 2.46. The van der Waals surface area contributed by atoms with Gasteiger partial charge in [-0.1, -0.05) is 12.1 Å². The molecule has 0 amide bonds. The maximum atomic E-state index is 13.7. The number of hydrogen-bond donors (Lipinski definition) is 1. The number of primary sulfonamides is 1. The van der Waals surface area contributed by atoms with E-state index in [0.717, 1.165) is 12.1 Å². The minimum absolute atomic E-state index is 0.0454. The summed E-state index contributed by atoms with van der Waals surface area (Å²) in [6.45, 7) is 1.81. The molecular formula is C11H11BrFN3O4S. The molecule has 7 nitrogen and oxygen atoms in total. The molecule has 0 saturated heterocycles. The standard InChI is InChI=1S/C11H11BrFN3O4S/c1-2-11-15-10(16-20-11)5-19-8-4-7(13)9(3-6(8)12)21(14,17)18/h3-4H,2,5H2,1H3,(H2,14,17,18). The highest BCUT2D eigenvalue weighted by Gasteiger charge is 2.18. The van der Waals surface area contributed by atoms with Crippen LogP contribution in [0, 0.1) is 5.82 Å². The first-order chi connectivity index (χ1) is 9.81. The van der Waals surface area contributed by atoms with Crippen LogP contribution in [-0.4, -0.2) is 18.6 Å². The lowest BCUT2D eigenvalue weighted by molar-refractivity contribution is 0.282. The third-order valence-corrected chi connectivity index (χ3v) is 4.01. The fourth-order valence-corrected chi connectivity index (χ4v) is 2.70. The second-order valence-corrected chi connectivity index (χ2v) is 6.39. The molecule has 0 aliphatic rings. The molecule has 2 N–H and O–H groups in total. The van der Waals surface area contributed by atoms with Crippen molar-refractivity contribution in [3.05, 3.63) is 34.1 Å². The highest BCUT2D eigenvalue weighted by Crippen LogP contribution is 2.30. The van der Waals surface area contributed by atoms with Gasteiger partial charge in [0.15, 0.2) is 6.61 Å². The maximum Gasteiger partial charge on any atom is 0.241 e. The lowest BCUT2D eigenvalue weighted by Gasteiger charge is -2.08. The van der Waals surface area contributed by atoms with Gasteiger partial charge in [0.05, 0.1) is 4.47 Å². The number of ether oxygens (including phenoxy) is 1. The molecule has 1 heterocycles. The van der Waals surface area contributed by atoms with Crippen molar-refractivity contribution in [3.63, 3.8) is 0 Å². The minimum atomic E-state index is -4.14. The Bertz CT molecular complexity index is 763. The van der Waals surface area contributed by atoms with Gasteiger partial charge in [0, 0.05) is 12.5 Å². The van der Waals surface area contributed by atoms with Crippen molar-refractivity contribution in [1.29, 1.82) is 0 Å². The first-order valence-corrected chi connectivity index (χ1v) is 8.11. The Morgan fingerprint density at radius 2 is 2.19 bits per heavy atom. The van der Waals surface area contributed by atoms with E-state index in [2.05, 4.69) is 26.1 Å². The number of sulfonamides is 1. The van der Waals surface area contributed by atoms with Crippen molar-refractivity contribution in [2.45, 2.75) is 24.8 Å². The van der Waals surface area contributed by atoms with E-state index in [1.54, 1.807) is 0 Å². The van der Waals surface area contributed by atoms with Gasteiger partial charge in [0.25, 0.3) is 0 Å².